The third-order valence-electron chi connectivity index (χ3n) is 3.97. The zero-order valence-electron chi connectivity index (χ0n) is 12.2. The number of likely N-dealkylation sites (tertiary alicyclic amines) is 1. The molecule has 0 unspecified atom stereocenters. The molecule has 0 bridgehead atoms. The van der Waals surface area contributed by atoms with Crippen molar-refractivity contribution in [3.05, 3.63) is 35.1 Å². The number of piperidine rings is 1. The van der Waals surface area contributed by atoms with Gasteiger partial charge in [-0.25, -0.2) is 4.39 Å². The van der Waals surface area contributed by atoms with Crippen LogP contribution in [-0.2, 0) is 6.54 Å². The van der Waals surface area contributed by atoms with Crippen LogP contribution in [0.25, 0.3) is 0 Å². The van der Waals surface area contributed by atoms with Gasteiger partial charge in [-0.05, 0) is 43.5 Å². The van der Waals surface area contributed by atoms with Gasteiger partial charge in [0.05, 0.1) is 0 Å². The number of nitrogens with zero attached hydrogens (tertiary/aromatic N) is 1. The Morgan fingerprint density at radius 1 is 1.30 bits per heavy atom. The number of benzene rings is 1. The molecule has 1 aliphatic heterocycles. The molecule has 0 atom stereocenters. The summed E-state index contributed by atoms with van der Waals surface area (Å²) < 4.78 is 14.0. The first kappa shape index (κ1) is 15.0. The lowest BCUT2D eigenvalue weighted by molar-refractivity contribution is 0.126. The second kappa shape index (κ2) is 6.39. The van der Waals surface area contributed by atoms with Crippen molar-refractivity contribution >= 4 is 0 Å². The summed E-state index contributed by atoms with van der Waals surface area (Å²) in [6, 6.07) is 5.07. The van der Waals surface area contributed by atoms with E-state index in [1.54, 1.807) is 6.07 Å². The quantitative estimate of drug-likeness (QED) is 0.839. The van der Waals surface area contributed by atoms with Crippen LogP contribution in [0.4, 0.5) is 4.39 Å². The largest absolute Gasteiger partial charge is 0.384 e. The van der Waals surface area contributed by atoms with E-state index >= 15 is 0 Å². The van der Waals surface area contributed by atoms with Crippen LogP contribution in [-0.4, -0.2) is 29.7 Å². The van der Waals surface area contributed by atoms with E-state index in [0.717, 1.165) is 31.5 Å². The van der Waals surface area contributed by atoms with Crippen molar-refractivity contribution in [3.63, 3.8) is 0 Å². The number of hydrogen-bond donors (Lipinski definition) is 1. The molecule has 0 radical (unpaired) electrons. The lowest BCUT2D eigenvalue weighted by atomic mass is 9.82. The van der Waals surface area contributed by atoms with Gasteiger partial charge >= 0.3 is 0 Å². The molecule has 2 rings (SSSR count). The number of halogens is 1. The van der Waals surface area contributed by atoms with E-state index in [0.29, 0.717) is 17.5 Å². The molecule has 108 valence electrons. The van der Waals surface area contributed by atoms with Crippen LogP contribution in [0.5, 0.6) is 0 Å². The predicted molar refractivity (Wildman–Crippen MR) is 78.7 cm³/mol. The SMILES string of the molecule is CC1(C)CCN(Cc2ccc(C#CCO)cc2F)CC1. The lowest BCUT2D eigenvalue weighted by Gasteiger charge is -2.36. The van der Waals surface area contributed by atoms with Crippen molar-refractivity contribution in [2.24, 2.45) is 5.41 Å². The van der Waals surface area contributed by atoms with Crippen LogP contribution in [0.1, 0.15) is 37.8 Å². The highest BCUT2D eigenvalue weighted by Gasteiger charge is 2.25. The van der Waals surface area contributed by atoms with Gasteiger partial charge in [-0.1, -0.05) is 31.8 Å². The fourth-order valence-electron chi connectivity index (χ4n) is 2.45. The minimum absolute atomic E-state index is 0.201. The van der Waals surface area contributed by atoms with E-state index in [1.165, 1.54) is 6.07 Å². The first-order chi connectivity index (χ1) is 9.50. The van der Waals surface area contributed by atoms with Gasteiger partial charge < -0.3 is 5.11 Å². The molecule has 1 fully saturated rings. The summed E-state index contributed by atoms with van der Waals surface area (Å²) in [6.07, 6.45) is 2.32. The zero-order chi connectivity index (χ0) is 14.6. The van der Waals surface area contributed by atoms with Gasteiger partial charge in [-0.2, -0.15) is 0 Å². The Morgan fingerprint density at radius 3 is 2.60 bits per heavy atom. The van der Waals surface area contributed by atoms with Crippen molar-refractivity contribution in [3.8, 4) is 11.8 Å². The molecular formula is C17H22FNO. The summed E-state index contributed by atoms with van der Waals surface area (Å²) in [5.41, 5.74) is 1.75. The lowest BCUT2D eigenvalue weighted by Crippen LogP contribution is -2.36. The van der Waals surface area contributed by atoms with Crippen molar-refractivity contribution in [2.45, 2.75) is 33.2 Å². The van der Waals surface area contributed by atoms with E-state index in [2.05, 4.69) is 30.6 Å². The molecule has 1 aromatic carbocycles. The zero-order valence-corrected chi connectivity index (χ0v) is 12.2. The topological polar surface area (TPSA) is 23.5 Å². The summed E-state index contributed by atoms with van der Waals surface area (Å²) in [5, 5.41) is 8.64. The molecule has 1 aliphatic rings. The van der Waals surface area contributed by atoms with E-state index in [1.807, 2.05) is 6.07 Å². The predicted octanol–water partition coefficient (Wildman–Crippen LogP) is 2.79. The maximum atomic E-state index is 14.0. The summed E-state index contributed by atoms with van der Waals surface area (Å²) in [7, 11) is 0. The molecule has 0 spiro atoms. The van der Waals surface area contributed by atoms with E-state index in [9.17, 15) is 4.39 Å². The van der Waals surface area contributed by atoms with Crippen molar-refractivity contribution in [1.29, 1.82) is 0 Å². The standard InChI is InChI=1S/C17H22FNO/c1-17(2)7-9-19(10-8-17)13-15-6-5-14(4-3-11-20)12-16(15)18/h5-6,12,20H,7-11,13H2,1-2H3. The molecular weight excluding hydrogens is 253 g/mol. The van der Waals surface area contributed by atoms with Crippen LogP contribution in [0.15, 0.2) is 18.2 Å². The van der Waals surface area contributed by atoms with Gasteiger partial charge in [-0.3, -0.25) is 4.90 Å². The Balaban J connectivity index is 2.00. The maximum Gasteiger partial charge on any atom is 0.128 e. The van der Waals surface area contributed by atoms with Crippen molar-refractivity contribution < 1.29 is 9.50 Å². The molecule has 0 aromatic heterocycles. The molecule has 2 nitrogen and oxygen atoms in total. The summed E-state index contributed by atoms with van der Waals surface area (Å²) in [6.45, 7) is 7.10. The van der Waals surface area contributed by atoms with Gasteiger partial charge in [0.15, 0.2) is 0 Å². The molecule has 0 amide bonds. The fraction of sp³-hybridized carbons (Fsp3) is 0.529. The minimum Gasteiger partial charge on any atom is -0.384 e. The fourth-order valence-corrected chi connectivity index (χ4v) is 2.45. The Kier molecular flexibility index (Phi) is 4.80. The van der Waals surface area contributed by atoms with Crippen LogP contribution in [0, 0.1) is 23.1 Å². The van der Waals surface area contributed by atoms with E-state index in [-0.39, 0.29) is 12.4 Å². The maximum absolute atomic E-state index is 14.0. The highest BCUT2D eigenvalue weighted by molar-refractivity contribution is 5.37. The Bertz CT molecular complexity index is 518. The Hall–Kier alpha value is -1.37. The molecule has 0 aliphatic carbocycles. The summed E-state index contributed by atoms with van der Waals surface area (Å²) in [4.78, 5) is 2.31. The molecule has 1 N–H and O–H groups in total. The Labute approximate surface area is 120 Å². The minimum atomic E-state index is -0.209. The first-order valence-corrected chi connectivity index (χ1v) is 7.11. The van der Waals surface area contributed by atoms with Crippen molar-refractivity contribution in [1.82, 2.24) is 4.90 Å². The van der Waals surface area contributed by atoms with Crippen LogP contribution in [0.3, 0.4) is 0 Å². The monoisotopic (exact) mass is 275 g/mol. The molecule has 1 saturated heterocycles. The van der Waals surface area contributed by atoms with Gasteiger partial charge in [0, 0.05) is 17.7 Å². The first-order valence-electron chi connectivity index (χ1n) is 7.11. The number of aliphatic hydroxyl groups is 1. The molecule has 1 heterocycles. The summed E-state index contributed by atoms with van der Waals surface area (Å²) in [5.74, 6) is 5.04. The second-order valence-electron chi connectivity index (χ2n) is 6.21. The molecule has 20 heavy (non-hydrogen) atoms. The normalized spacial score (nSPS) is 18.4. The smallest absolute Gasteiger partial charge is 0.128 e. The third kappa shape index (κ3) is 4.06. The molecule has 1 aromatic rings. The van der Waals surface area contributed by atoms with Gasteiger partial charge in [0.1, 0.15) is 12.4 Å². The number of rotatable bonds is 2. The van der Waals surface area contributed by atoms with Gasteiger partial charge in [0.2, 0.25) is 0 Å². The van der Waals surface area contributed by atoms with Gasteiger partial charge in [-0.15, -0.1) is 0 Å². The Morgan fingerprint density at radius 2 is 2.00 bits per heavy atom. The summed E-state index contributed by atoms with van der Waals surface area (Å²) >= 11 is 0. The average molecular weight is 275 g/mol. The average Bonchev–Trinajstić information content (AvgIpc) is 2.41. The van der Waals surface area contributed by atoms with Crippen LogP contribution in [0.2, 0.25) is 0 Å². The van der Waals surface area contributed by atoms with E-state index in [4.69, 9.17) is 5.11 Å². The third-order valence-corrected chi connectivity index (χ3v) is 3.97. The van der Waals surface area contributed by atoms with E-state index < -0.39 is 0 Å². The van der Waals surface area contributed by atoms with Crippen LogP contribution >= 0.6 is 0 Å². The van der Waals surface area contributed by atoms with Gasteiger partial charge in [0.25, 0.3) is 0 Å². The van der Waals surface area contributed by atoms with Crippen LogP contribution < -0.4 is 0 Å². The number of aliphatic hydroxyl groups excluding tert-OH is 1. The molecule has 3 heteroatoms. The highest BCUT2D eigenvalue weighted by atomic mass is 19.1. The number of hydrogen-bond acceptors (Lipinski definition) is 2. The highest BCUT2D eigenvalue weighted by Crippen LogP contribution is 2.30. The molecule has 0 saturated carbocycles. The second-order valence-corrected chi connectivity index (χ2v) is 6.21. The van der Waals surface area contributed by atoms with Crippen molar-refractivity contribution in [2.75, 3.05) is 19.7 Å².